The second kappa shape index (κ2) is 4.49. The monoisotopic (exact) mass is 234 g/mol. The molecule has 0 radical (unpaired) electrons. The molecule has 1 aliphatic carbocycles. The number of nitrogens with zero attached hydrogens (tertiary/aromatic N) is 2. The summed E-state index contributed by atoms with van der Waals surface area (Å²) in [6.45, 7) is 3.61. The molecule has 2 fully saturated rings. The Bertz CT molecular complexity index is 406. The molecule has 1 aromatic rings. The van der Waals surface area contributed by atoms with Crippen LogP contribution in [0.25, 0.3) is 0 Å². The van der Waals surface area contributed by atoms with Crippen molar-refractivity contribution < 1.29 is 4.79 Å². The standard InChI is InChI=1S/C12H18N4O/c17-12(9-1-2-9)15-3-4-16-8-14-7-11(16)10-5-13-6-10/h7-10,13H,1-6H2,(H,15,17). The third-order valence-corrected chi connectivity index (χ3v) is 3.54. The van der Waals surface area contributed by atoms with Crippen molar-refractivity contribution in [1.82, 2.24) is 20.2 Å². The summed E-state index contributed by atoms with van der Waals surface area (Å²) in [4.78, 5) is 15.7. The first-order valence-electron chi connectivity index (χ1n) is 6.33. The van der Waals surface area contributed by atoms with Crippen LogP contribution < -0.4 is 10.6 Å². The second-order valence-electron chi connectivity index (χ2n) is 4.93. The first-order valence-corrected chi connectivity index (χ1v) is 6.33. The average molecular weight is 234 g/mol. The quantitative estimate of drug-likeness (QED) is 0.759. The largest absolute Gasteiger partial charge is 0.354 e. The molecule has 1 aliphatic heterocycles. The van der Waals surface area contributed by atoms with Gasteiger partial charge in [-0.05, 0) is 12.8 Å². The highest BCUT2D eigenvalue weighted by Gasteiger charge is 2.29. The van der Waals surface area contributed by atoms with Gasteiger partial charge in [-0.15, -0.1) is 0 Å². The SMILES string of the molecule is O=C(NCCn1cncc1C1CNC1)C1CC1. The van der Waals surface area contributed by atoms with Gasteiger partial charge in [-0.25, -0.2) is 4.98 Å². The van der Waals surface area contributed by atoms with E-state index in [4.69, 9.17) is 0 Å². The van der Waals surface area contributed by atoms with Crippen LogP contribution in [-0.2, 0) is 11.3 Å². The van der Waals surface area contributed by atoms with Crippen LogP contribution >= 0.6 is 0 Å². The van der Waals surface area contributed by atoms with Crippen LogP contribution in [0.15, 0.2) is 12.5 Å². The zero-order chi connectivity index (χ0) is 11.7. The van der Waals surface area contributed by atoms with Crippen LogP contribution in [0.4, 0.5) is 0 Å². The maximum absolute atomic E-state index is 11.5. The van der Waals surface area contributed by atoms with E-state index in [1.54, 1.807) is 0 Å². The maximum atomic E-state index is 11.5. The van der Waals surface area contributed by atoms with Crippen molar-refractivity contribution in [1.29, 1.82) is 0 Å². The summed E-state index contributed by atoms with van der Waals surface area (Å²) >= 11 is 0. The third kappa shape index (κ3) is 2.34. The Morgan fingerprint density at radius 3 is 3.00 bits per heavy atom. The van der Waals surface area contributed by atoms with Gasteiger partial charge in [-0.1, -0.05) is 0 Å². The minimum absolute atomic E-state index is 0.219. The highest BCUT2D eigenvalue weighted by Crippen LogP contribution is 2.28. The molecule has 0 atom stereocenters. The highest BCUT2D eigenvalue weighted by atomic mass is 16.2. The summed E-state index contributed by atoms with van der Waals surface area (Å²) in [5, 5.41) is 6.25. The summed E-state index contributed by atoms with van der Waals surface area (Å²) in [5.74, 6) is 1.11. The Balaban J connectivity index is 1.50. The van der Waals surface area contributed by atoms with Crippen molar-refractivity contribution in [2.45, 2.75) is 25.3 Å². The van der Waals surface area contributed by atoms with E-state index in [9.17, 15) is 4.79 Å². The van der Waals surface area contributed by atoms with Gasteiger partial charge in [0.25, 0.3) is 0 Å². The molecule has 2 heterocycles. The summed E-state index contributed by atoms with van der Waals surface area (Å²) in [7, 11) is 0. The molecule has 2 N–H and O–H groups in total. The molecule has 1 aromatic heterocycles. The van der Waals surface area contributed by atoms with Gasteiger partial charge in [-0.2, -0.15) is 0 Å². The number of hydrogen-bond donors (Lipinski definition) is 2. The predicted molar refractivity (Wildman–Crippen MR) is 63.6 cm³/mol. The molecule has 0 unspecified atom stereocenters. The van der Waals surface area contributed by atoms with Gasteiger partial charge in [-0.3, -0.25) is 4.79 Å². The van der Waals surface area contributed by atoms with E-state index >= 15 is 0 Å². The molecule has 5 nitrogen and oxygen atoms in total. The minimum Gasteiger partial charge on any atom is -0.354 e. The lowest BCUT2D eigenvalue weighted by molar-refractivity contribution is -0.122. The zero-order valence-corrected chi connectivity index (χ0v) is 9.85. The molecule has 1 amide bonds. The number of nitrogens with one attached hydrogen (secondary N) is 2. The number of rotatable bonds is 5. The number of aromatic nitrogens is 2. The van der Waals surface area contributed by atoms with Crippen LogP contribution in [0.2, 0.25) is 0 Å². The number of amides is 1. The summed E-state index contributed by atoms with van der Waals surface area (Å²) < 4.78 is 2.15. The van der Waals surface area contributed by atoms with Crippen LogP contribution in [0.1, 0.15) is 24.5 Å². The number of imidazole rings is 1. The van der Waals surface area contributed by atoms with Gasteiger partial charge < -0.3 is 15.2 Å². The first-order chi connectivity index (χ1) is 8.34. The van der Waals surface area contributed by atoms with Crippen LogP contribution in [-0.4, -0.2) is 35.1 Å². The lowest BCUT2D eigenvalue weighted by atomic mass is 10.00. The van der Waals surface area contributed by atoms with Crippen LogP contribution in [0.5, 0.6) is 0 Å². The van der Waals surface area contributed by atoms with Gasteiger partial charge in [0.1, 0.15) is 0 Å². The van der Waals surface area contributed by atoms with Crippen molar-refractivity contribution in [2.75, 3.05) is 19.6 Å². The Morgan fingerprint density at radius 1 is 1.53 bits per heavy atom. The normalized spacial score (nSPS) is 20.0. The number of carbonyl (C=O) groups is 1. The van der Waals surface area contributed by atoms with Gasteiger partial charge in [0.15, 0.2) is 0 Å². The molecule has 17 heavy (non-hydrogen) atoms. The van der Waals surface area contributed by atoms with E-state index in [1.807, 2.05) is 12.5 Å². The Labute approximate surface area is 101 Å². The molecule has 92 valence electrons. The van der Waals surface area contributed by atoms with Gasteiger partial charge in [0.2, 0.25) is 5.91 Å². The molecule has 3 rings (SSSR count). The molecule has 1 saturated carbocycles. The van der Waals surface area contributed by atoms with Crippen LogP contribution in [0, 0.1) is 5.92 Å². The smallest absolute Gasteiger partial charge is 0.223 e. The van der Waals surface area contributed by atoms with E-state index in [-0.39, 0.29) is 5.91 Å². The van der Waals surface area contributed by atoms with Crippen molar-refractivity contribution in [3.05, 3.63) is 18.2 Å². The number of carbonyl (C=O) groups excluding carboxylic acids is 1. The van der Waals surface area contributed by atoms with Crippen molar-refractivity contribution in [3.8, 4) is 0 Å². The Kier molecular flexibility index (Phi) is 2.84. The topological polar surface area (TPSA) is 59.0 Å². The molecular formula is C12H18N4O. The molecule has 2 aliphatic rings. The molecule has 0 bridgehead atoms. The first kappa shape index (κ1) is 10.8. The van der Waals surface area contributed by atoms with Crippen LogP contribution in [0.3, 0.4) is 0 Å². The highest BCUT2D eigenvalue weighted by molar-refractivity contribution is 5.80. The van der Waals surface area contributed by atoms with Crippen molar-refractivity contribution in [2.24, 2.45) is 5.92 Å². The number of hydrogen-bond acceptors (Lipinski definition) is 3. The lowest BCUT2D eigenvalue weighted by Gasteiger charge is -2.27. The van der Waals surface area contributed by atoms with E-state index in [0.717, 1.165) is 32.5 Å². The minimum atomic E-state index is 0.219. The fraction of sp³-hybridized carbons (Fsp3) is 0.667. The van der Waals surface area contributed by atoms with Gasteiger partial charge in [0, 0.05) is 49.9 Å². The molecular weight excluding hydrogens is 216 g/mol. The molecule has 0 aromatic carbocycles. The molecule has 1 saturated heterocycles. The van der Waals surface area contributed by atoms with Crippen molar-refractivity contribution >= 4 is 5.91 Å². The fourth-order valence-electron chi connectivity index (χ4n) is 2.14. The van der Waals surface area contributed by atoms with Gasteiger partial charge in [0.05, 0.1) is 6.33 Å². The maximum Gasteiger partial charge on any atom is 0.223 e. The molecule has 5 heteroatoms. The Morgan fingerprint density at radius 2 is 2.35 bits per heavy atom. The summed E-state index contributed by atoms with van der Waals surface area (Å²) in [6.07, 6.45) is 5.93. The summed E-state index contributed by atoms with van der Waals surface area (Å²) in [6, 6.07) is 0. The van der Waals surface area contributed by atoms with E-state index in [1.165, 1.54) is 5.69 Å². The summed E-state index contributed by atoms with van der Waals surface area (Å²) in [5.41, 5.74) is 1.28. The average Bonchev–Trinajstić information content (AvgIpc) is 3.00. The third-order valence-electron chi connectivity index (χ3n) is 3.54. The molecule has 0 spiro atoms. The fourth-order valence-corrected chi connectivity index (χ4v) is 2.14. The zero-order valence-electron chi connectivity index (χ0n) is 9.85. The predicted octanol–water partition coefficient (Wildman–Crippen LogP) is 0.0961. The van der Waals surface area contributed by atoms with E-state index < -0.39 is 0 Å². The Hall–Kier alpha value is -1.36. The second-order valence-corrected chi connectivity index (χ2v) is 4.93. The van der Waals surface area contributed by atoms with Crippen molar-refractivity contribution in [3.63, 3.8) is 0 Å². The van der Waals surface area contributed by atoms with E-state index in [2.05, 4.69) is 20.2 Å². The lowest BCUT2D eigenvalue weighted by Crippen LogP contribution is -2.41. The van der Waals surface area contributed by atoms with E-state index in [0.29, 0.717) is 18.4 Å². The van der Waals surface area contributed by atoms with Gasteiger partial charge >= 0.3 is 0 Å².